The number of rotatable bonds is 4. The first kappa shape index (κ1) is 22.0. The Morgan fingerprint density at radius 1 is 0.906 bits per heavy atom. The zero-order chi connectivity index (χ0) is 22.9. The summed E-state index contributed by atoms with van der Waals surface area (Å²) in [7, 11) is -4.09. The molecule has 4 rings (SSSR count). The van der Waals surface area contributed by atoms with Gasteiger partial charge in [-0.15, -0.1) is 0 Å². The van der Waals surface area contributed by atoms with E-state index in [2.05, 4.69) is 9.97 Å². The molecule has 1 aromatic heterocycles. The van der Waals surface area contributed by atoms with E-state index in [0.29, 0.717) is 43.1 Å². The number of hydrogen-bond acceptors (Lipinski definition) is 7. The molecular formula is C21H19F3N4O3S. The fourth-order valence-corrected chi connectivity index (χ4v) is 4.68. The molecule has 1 saturated heterocycles. The summed E-state index contributed by atoms with van der Waals surface area (Å²) in [5, 5.41) is 0. The number of halogens is 3. The number of morpholine rings is 1. The summed E-state index contributed by atoms with van der Waals surface area (Å²) in [6.45, 7) is 2.13. The van der Waals surface area contributed by atoms with Crippen LogP contribution in [0.5, 0.6) is 0 Å². The van der Waals surface area contributed by atoms with Crippen molar-refractivity contribution in [1.82, 2.24) is 9.97 Å². The Labute approximate surface area is 182 Å². The molecular weight excluding hydrogens is 445 g/mol. The van der Waals surface area contributed by atoms with Crippen molar-refractivity contribution in [1.29, 1.82) is 0 Å². The third-order valence-corrected chi connectivity index (χ3v) is 6.82. The van der Waals surface area contributed by atoms with E-state index >= 15 is 0 Å². The molecule has 2 heterocycles. The minimum absolute atomic E-state index is 0.0481. The van der Waals surface area contributed by atoms with Crippen molar-refractivity contribution in [3.8, 4) is 11.1 Å². The predicted molar refractivity (Wildman–Crippen MR) is 112 cm³/mol. The standard InChI is InChI=1S/C21H19F3N4O3S/c22-21(23,24)16-1-3-18(4-2-16)32(29,30)19-10-14(15-12-26-20(25)27-13-15)9-17(11-19)28-5-7-31-8-6-28/h1-4,9-13H,5-8H2,(H2,25,26,27). The van der Waals surface area contributed by atoms with Crippen molar-refractivity contribution in [2.75, 3.05) is 36.9 Å². The van der Waals surface area contributed by atoms with Gasteiger partial charge in [-0.2, -0.15) is 13.2 Å². The molecule has 2 N–H and O–H groups in total. The Hall–Kier alpha value is -3.18. The van der Waals surface area contributed by atoms with Gasteiger partial charge in [-0.05, 0) is 48.0 Å². The van der Waals surface area contributed by atoms with E-state index in [-0.39, 0.29) is 15.7 Å². The zero-order valence-electron chi connectivity index (χ0n) is 16.7. The van der Waals surface area contributed by atoms with E-state index < -0.39 is 21.6 Å². The lowest BCUT2D eigenvalue weighted by atomic mass is 10.1. The second kappa shape index (κ2) is 8.40. The number of ether oxygens (including phenoxy) is 1. The summed E-state index contributed by atoms with van der Waals surface area (Å²) in [5.41, 5.74) is 6.37. The first-order valence-electron chi connectivity index (χ1n) is 9.62. The zero-order valence-corrected chi connectivity index (χ0v) is 17.5. The molecule has 0 amide bonds. The van der Waals surface area contributed by atoms with Crippen LogP contribution < -0.4 is 10.6 Å². The van der Waals surface area contributed by atoms with E-state index in [1.165, 1.54) is 24.5 Å². The monoisotopic (exact) mass is 464 g/mol. The van der Waals surface area contributed by atoms with Crippen LogP contribution in [-0.2, 0) is 20.8 Å². The molecule has 0 spiro atoms. The van der Waals surface area contributed by atoms with Gasteiger partial charge in [0.1, 0.15) is 0 Å². The van der Waals surface area contributed by atoms with E-state index in [1.807, 2.05) is 11.0 Å². The van der Waals surface area contributed by atoms with Gasteiger partial charge in [-0.25, -0.2) is 18.4 Å². The van der Waals surface area contributed by atoms with Crippen molar-refractivity contribution >= 4 is 21.5 Å². The Morgan fingerprint density at radius 2 is 1.53 bits per heavy atom. The van der Waals surface area contributed by atoms with Crippen molar-refractivity contribution in [2.24, 2.45) is 0 Å². The molecule has 3 aromatic rings. The average Bonchev–Trinajstić information content (AvgIpc) is 2.79. The van der Waals surface area contributed by atoms with E-state index in [0.717, 1.165) is 24.3 Å². The Balaban J connectivity index is 1.81. The molecule has 7 nitrogen and oxygen atoms in total. The van der Waals surface area contributed by atoms with Crippen LogP contribution in [0.25, 0.3) is 11.1 Å². The van der Waals surface area contributed by atoms with Gasteiger partial charge in [-0.1, -0.05) is 0 Å². The molecule has 1 aliphatic heterocycles. The number of anilines is 2. The molecule has 0 aliphatic carbocycles. The molecule has 1 aliphatic rings. The van der Waals surface area contributed by atoms with Crippen molar-refractivity contribution < 1.29 is 26.3 Å². The lowest BCUT2D eigenvalue weighted by molar-refractivity contribution is -0.137. The van der Waals surface area contributed by atoms with Gasteiger partial charge in [0, 0.05) is 36.7 Å². The van der Waals surface area contributed by atoms with Crippen molar-refractivity contribution in [2.45, 2.75) is 16.0 Å². The highest BCUT2D eigenvalue weighted by atomic mass is 32.2. The number of hydrogen-bond donors (Lipinski definition) is 1. The minimum atomic E-state index is -4.55. The highest BCUT2D eigenvalue weighted by molar-refractivity contribution is 7.91. The fourth-order valence-electron chi connectivity index (χ4n) is 3.36. The van der Waals surface area contributed by atoms with Crippen LogP contribution in [0, 0.1) is 0 Å². The van der Waals surface area contributed by atoms with Crippen LogP contribution in [0.2, 0.25) is 0 Å². The van der Waals surface area contributed by atoms with Crippen LogP contribution in [0.3, 0.4) is 0 Å². The largest absolute Gasteiger partial charge is 0.416 e. The maximum atomic E-state index is 13.3. The number of nitrogens with two attached hydrogens (primary N) is 1. The lowest BCUT2D eigenvalue weighted by Crippen LogP contribution is -2.36. The molecule has 0 atom stereocenters. The van der Waals surface area contributed by atoms with Crippen LogP contribution in [-0.4, -0.2) is 44.7 Å². The summed E-state index contributed by atoms with van der Waals surface area (Å²) in [5.74, 6) is 0.0793. The Bertz CT molecular complexity index is 1210. The molecule has 168 valence electrons. The maximum Gasteiger partial charge on any atom is 0.416 e. The highest BCUT2D eigenvalue weighted by Gasteiger charge is 2.31. The quantitative estimate of drug-likeness (QED) is 0.632. The lowest BCUT2D eigenvalue weighted by Gasteiger charge is -2.29. The second-order valence-corrected chi connectivity index (χ2v) is 9.12. The summed E-state index contributed by atoms with van der Waals surface area (Å²) in [6, 6.07) is 8.22. The first-order valence-corrected chi connectivity index (χ1v) is 11.1. The first-order chi connectivity index (χ1) is 15.1. The molecule has 0 bridgehead atoms. The Morgan fingerprint density at radius 3 is 2.12 bits per heavy atom. The third-order valence-electron chi connectivity index (χ3n) is 5.07. The molecule has 0 unspecified atom stereocenters. The summed E-state index contributed by atoms with van der Waals surface area (Å²) in [6.07, 6.45) is -1.59. The molecule has 32 heavy (non-hydrogen) atoms. The Kier molecular flexibility index (Phi) is 5.78. The van der Waals surface area contributed by atoms with Gasteiger partial charge in [0.2, 0.25) is 15.8 Å². The number of alkyl halides is 3. The van der Waals surface area contributed by atoms with E-state index in [1.54, 1.807) is 0 Å². The number of sulfone groups is 1. The number of nitrogens with zero attached hydrogens (tertiary/aromatic N) is 3. The summed E-state index contributed by atoms with van der Waals surface area (Å²) in [4.78, 5) is 9.62. The van der Waals surface area contributed by atoms with Gasteiger partial charge in [0.05, 0.1) is 28.6 Å². The normalized spacial score (nSPS) is 15.0. The minimum Gasteiger partial charge on any atom is -0.378 e. The average molecular weight is 464 g/mol. The van der Waals surface area contributed by atoms with Crippen LogP contribution in [0.15, 0.2) is 64.6 Å². The molecule has 11 heteroatoms. The molecule has 0 radical (unpaired) electrons. The van der Waals surface area contributed by atoms with Gasteiger partial charge >= 0.3 is 6.18 Å². The summed E-state index contributed by atoms with van der Waals surface area (Å²) < 4.78 is 70.6. The van der Waals surface area contributed by atoms with Crippen molar-refractivity contribution in [3.63, 3.8) is 0 Å². The topological polar surface area (TPSA) is 98.4 Å². The fraction of sp³-hybridized carbons (Fsp3) is 0.238. The van der Waals surface area contributed by atoms with Gasteiger partial charge in [-0.3, -0.25) is 0 Å². The predicted octanol–water partition coefficient (Wildman–Crippen LogP) is 3.41. The van der Waals surface area contributed by atoms with E-state index in [9.17, 15) is 21.6 Å². The maximum absolute atomic E-state index is 13.3. The van der Waals surface area contributed by atoms with E-state index in [4.69, 9.17) is 10.5 Å². The smallest absolute Gasteiger partial charge is 0.378 e. The van der Waals surface area contributed by atoms with Gasteiger partial charge < -0.3 is 15.4 Å². The van der Waals surface area contributed by atoms with Crippen molar-refractivity contribution in [3.05, 3.63) is 60.4 Å². The van der Waals surface area contributed by atoms with Crippen LogP contribution >= 0.6 is 0 Å². The molecule has 2 aromatic carbocycles. The van der Waals surface area contributed by atoms with Crippen LogP contribution in [0.1, 0.15) is 5.56 Å². The summed E-state index contributed by atoms with van der Waals surface area (Å²) >= 11 is 0. The highest BCUT2D eigenvalue weighted by Crippen LogP contribution is 2.34. The molecule has 1 fully saturated rings. The molecule has 0 saturated carbocycles. The second-order valence-electron chi connectivity index (χ2n) is 7.17. The van der Waals surface area contributed by atoms with Gasteiger partial charge in [0.15, 0.2) is 0 Å². The number of benzene rings is 2. The van der Waals surface area contributed by atoms with Crippen LogP contribution in [0.4, 0.5) is 24.8 Å². The number of nitrogen functional groups attached to an aromatic ring is 1. The third kappa shape index (κ3) is 4.53. The SMILES string of the molecule is Nc1ncc(-c2cc(N3CCOCC3)cc(S(=O)(=O)c3ccc(C(F)(F)F)cc3)c2)cn1. The number of aromatic nitrogens is 2. The van der Waals surface area contributed by atoms with Gasteiger partial charge in [0.25, 0.3) is 0 Å².